The Morgan fingerprint density at radius 3 is 1.69 bits per heavy atom. The molecule has 3 heteroatoms. The molecular weight excluding hydrogens is 741 g/mol. The van der Waals surface area contributed by atoms with Gasteiger partial charge in [0.25, 0.3) is 0 Å². The number of anilines is 6. The van der Waals surface area contributed by atoms with Gasteiger partial charge in [-0.2, -0.15) is 0 Å². The zero-order valence-electron chi connectivity index (χ0n) is 34.1. The van der Waals surface area contributed by atoms with Crippen molar-refractivity contribution in [2.75, 3.05) is 9.80 Å². The van der Waals surface area contributed by atoms with Crippen molar-refractivity contribution < 1.29 is 4.42 Å². The van der Waals surface area contributed by atoms with Gasteiger partial charge in [0, 0.05) is 44.5 Å². The monoisotopic (exact) mass is 782 g/mol. The van der Waals surface area contributed by atoms with Crippen LogP contribution in [0.1, 0.15) is 47.2 Å². The fourth-order valence-electron chi connectivity index (χ4n) is 10.6. The summed E-state index contributed by atoms with van der Waals surface area (Å²) in [7, 11) is 0. The summed E-state index contributed by atoms with van der Waals surface area (Å²) in [5.74, 6) is 0. The number of nitrogens with zero attached hydrogens (tertiary/aromatic N) is 2. The largest absolute Gasteiger partial charge is 0.456 e. The number of furan rings is 1. The van der Waals surface area contributed by atoms with E-state index in [0.717, 1.165) is 61.6 Å². The average molecular weight is 783 g/mol. The third kappa shape index (κ3) is 5.10. The van der Waals surface area contributed by atoms with E-state index in [2.05, 4.69) is 242 Å². The maximum atomic E-state index is 6.87. The van der Waals surface area contributed by atoms with Crippen LogP contribution in [0.15, 0.2) is 223 Å². The number of para-hydroxylation sites is 5. The maximum Gasteiger partial charge on any atom is 0.140 e. The number of hydrogen-bond acceptors (Lipinski definition) is 3. The Hall–Kier alpha value is -7.62. The molecule has 0 bridgehead atoms. The fourth-order valence-corrected chi connectivity index (χ4v) is 10.6. The number of hydrogen-bond donors (Lipinski definition) is 0. The summed E-state index contributed by atoms with van der Waals surface area (Å²) < 4.78 is 6.87. The smallest absolute Gasteiger partial charge is 0.140 e. The standard InChI is InChI=1S/C58H42N2O/c1-57(2)48-25-11-9-22-44(48)45-37-36-43(38-52(45)57)59(40-20-7-4-8-21-40)41-32-34-42(35-33-41)60-53-29-14-12-26-49(53)58(39-18-5-3-6-19-39,50-27-13-15-30-54(50)60)51-28-17-24-47-46-23-10-16-31-55(46)61-56(47)51/h3-38H,1-2H3. The summed E-state index contributed by atoms with van der Waals surface area (Å²) in [4.78, 5) is 4.83. The quantitative estimate of drug-likeness (QED) is 0.167. The highest BCUT2D eigenvalue weighted by atomic mass is 16.3. The third-order valence-electron chi connectivity index (χ3n) is 13.3. The van der Waals surface area contributed by atoms with Crippen LogP contribution in [0.5, 0.6) is 0 Å². The fraction of sp³-hybridized carbons (Fsp3) is 0.0690. The maximum absolute atomic E-state index is 6.87. The van der Waals surface area contributed by atoms with Crippen LogP contribution in [-0.2, 0) is 10.8 Å². The van der Waals surface area contributed by atoms with E-state index in [9.17, 15) is 0 Å². The molecule has 3 nitrogen and oxygen atoms in total. The van der Waals surface area contributed by atoms with Crippen molar-refractivity contribution in [3.63, 3.8) is 0 Å². The van der Waals surface area contributed by atoms with E-state index in [1.165, 1.54) is 38.9 Å². The molecule has 0 saturated carbocycles. The Morgan fingerprint density at radius 1 is 0.410 bits per heavy atom. The van der Waals surface area contributed by atoms with Crippen LogP contribution in [0.4, 0.5) is 34.1 Å². The second kappa shape index (κ2) is 13.5. The highest BCUT2D eigenvalue weighted by Crippen LogP contribution is 2.59. The first-order valence-corrected chi connectivity index (χ1v) is 21.2. The molecule has 10 aromatic rings. The Bertz CT molecular complexity index is 3240. The number of rotatable bonds is 6. The highest BCUT2D eigenvalue weighted by molar-refractivity contribution is 6.07. The molecule has 0 atom stereocenters. The van der Waals surface area contributed by atoms with E-state index >= 15 is 0 Å². The van der Waals surface area contributed by atoms with Gasteiger partial charge in [0.15, 0.2) is 0 Å². The SMILES string of the molecule is CC1(C)c2ccccc2-c2ccc(N(c3ccccc3)c3ccc(N4c5ccccc5C(c5ccccc5)(c5cccc6c5oc5ccccc56)c5ccccc54)cc3)cc21. The summed E-state index contributed by atoms with van der Waals surface area (Å²) in [5, 5.41) is 2.25. The Labute approximate surface area is 356 Å². The molecule has 2 heterocycles. The second-order valence-corrected chi connectivity index (χ2v) is 16.9. The van der Waals surface area contributed by atoms with Crippen LogP contribution >= 0.6 is 0 Å². The molecule has 0 unspecified atom stereocenters. The molecule has 0 fully saturated rings. The van der Waals surface area contributed by atoms with Gasteiger partial charge in [-0.05, 0) is 106 Å². The van der Waals surface area contributed by atoms with Gasteiger partial charge in [-0.25, -0.2) is 0 Å². The van der Waals surface area contributed by atoms with Crippen molar-refractivity contribution in [2.24, 2.45) is 0 Å². The van der Waals surface area contributed by atoms with Crippen molar-refractivity contribution in [3.8, 4) is 11.1 Å². The molecular formula is C58H42N2O. The Balaban J connectivity index is 1.03. The predicted molar refractivity (Wildman–Crippen MR) is 253 cm³/mol. The van der Waals surface area contributed by atoms with E-state index in [0.29, 0.717) is 0 Å². The van der Waals surface area contributed by atoms with Crippen LogP contribution in [0.2, 0.25) is 0 Å². The van der Waals surface area contributed by atoms with E-state index in [1.807, 2.05) is 0 Å². The van der Waals surface area contributed by atoms with Gasteiger partial charge in [-0.15, -0.1) is 0 Å². The zero-order chi connectivity index (χ0) is 40.7. The zero-order valence-corrected chi connectivity index (χ0v) is 34.1. The van der Waals surface area contributed by atoms with Gasteiger partial charge in [-0.3, -0.25) is 0 Å². The van der Waals surface area contributed by atoms with Gasteiger partial charge in [-0.1, -0.05) is 166 Å². The summed E-state index contributed by atoms with van der Waals surface area (Å²) in [6.45, 7) is 4.70. The Morgan fingerprint density at radius 2 is 0.951 bits per heavy atom. The minimum Gasteiger partial charge on any atom is -0.456 e. The summed E-state index contributed by atoms with van der Waals surface area (Å²) in [6.07, 6.45) is 0. The van der Waals surface area contributed by atoms with Crippen molar-refractivity contribution >= 4 is 56.1 Å². The van der Waals surface area contributed by atoms with Crippen molar-refractivity contribution in [1.29, 1.82) is 0 Å². The molecule has 1 aromatic heterocycles. The molecule has 61 heavy (non-hydrogen) atoms. The highest BCUT2D eigenvalue weighted by Gasteiger charge is 2.48. The molecule has 12 rings (SSSR count). The summed E-state index contributed by atoms with van der Waals surface area (Å²) >= 11 is 0. The molecule has 0 amide bonds. The number of fused-ring (bicyclic) bond motifs is 8. The first-order valence-electron chi connectivity index (χ1n) is 21.2. The van der Waals surface area contributed by atoms with Crippen molar-refractivity contribution in [2.45, 2.75) is 24.7 Å². The topological polar surface area (TPSA) is 19.6 Å². The minimum atomic E-state index is -0.677. The second-order valence-electron chi connectivity index (χ2n) is 16.9. The van der Waals surface area contributed by atoms with E-state index in [4.69, 9.17) is 4.42 Å². The summed E-state index contributed by atoms with van der Waals surface area (Å²) in [6, 6.07) is 79.5. The van der Waals surface area contributed by atoms with Gasteiger partial charge >= 0.3 is 0 Å². The predicted octanol–water partition coefficient (Wildman–Crippen LogP) is 15.5. The molecule has 1 aliphatic heterocycles. The third-order valence-corrected chi connectivity index (χ3v) is 13.3. The van der Waals surface area contributed by atoms with Crippen LogP contribution < -0.4 is 9.80 Å². The lowest BCUT2D eigenvalue weighted by molar-refractivity contribution is 0.643. The molecule has 2 aliphatic rings. The van der Waals surface area contributed by atoms with Crippen molar-refractivity contribution in [1.82, 2.24) is 0 Å². The summed E-state index contributed by atoms with van der Waals surface area (Å²) in [5.41, 5.74) is 17.8. The molecule has 0 radical (unpaired) electrons. The lowest BCUT2D eigenvalue weighted by Crippen LogP contribution is -2.37. The number of benzene rings is 9. The lowest BCUT2D eigenvalue weighted by Gasteiger charge is -2.46. The molecule has 290 valence electrons. The van der Waals surface area contributed by atoms with Gasteiger partial charge in [0.2, 0.25) is 0 Å². The molecule has 9 aromatic carbocycles. The van der Waals surface area contributed by atoms with E-state index < -0.39 is 5.41 Å². The lowest BCUT2D eigenvalue weighted by atomic mass is 9.62. The van der Waals surface area contributed by atoms with Crippen LogP contribution in [0, 0.1) is 0 Å². The van der Waals surface area contributed by atoms with Gasteiger partial charge in [0.1, 0.15) is 11.2 Å². The molecule has 0 N–H and O–H groups in total. The normalized spacial score (nSPS) is 14.3. The molecule has 0 spiro atoms. The van der Waals surface area contributed by atoms with Crippen LogP contribution in [0.3, 0.4) is 0 Å². The minimum absolute atomic E-state index is 0.103. The first kappa shape index (κ1) is 35.3. The Kier molecular flexibility index (Phi) is 7.79. The van der Waals surface area contributed by atoms with Gasteiger partial charge < -0.3 is 14.2 Å². The van der Waals surface area contributed by atoms with Crippen LogP contribution in [-0.4, -0.2) is 0 Å². The van der Waals surface area contributed by atoms with Crippen molar-refractivity contribution in [3.05, 3.63) is 252 Å². The molecule has 1 aliphatic carbocycles. The van der Waals surface area contributed by atoms with Crippen LogP contribution in [0.25, 0.3) is 33.1 Å². The van der Waals surface area contributed by atoms with E-state index in [-0.39, 0.29) is 5.41 Å². The van der Waals surface area contributed by atoms with E-state index in [1.54, 1.807) is 0 Å². The molecule has 0 saturated heterocycles. The average Bonchev–Trinajstić information content (AvgIpc) is 3.81. The van der Waals surface area contributed by atoms with Gasteiger partial charge in [0.05, 0.1) is 16.8 Å². The first-order chi connectivity index (χ1) is 30.0.